The van der Waals surface area contributed by atoms with Crippen LogP contribution in [-0.4, -0.2) is 68.5 Å². The Morgan fingerprint density at radius 2 is 1.85 bits per heavy atom. The fraction of sp³-hybridized carbons (Fsp3) is 0.423. The van der Waals surface area contributed by atoms with Crippen molar-refractivity contribution in [3.8, 4) is 11.5 Å². The molecule has 1 aliphatic heterocycles. The highest BCUT2D eigenvalue weighted by Gasteiger charge is 2.38. The van der Waals surface area contributed by atoms with Crippen LogP contribution in [0.4, 0.5) is 0 Å². The van der Waals surface area contributed by atoms with Crippen molar-refractivity contribution in [1.29, 1.82) is 0 Å². The average Bonchev–Trinajstić information content (AvgIpc) is 3.63. The summed E-state index contributed by atoms with van der Waals surface area (Å²) in [4.78, 5) is 28.0. The van der Waals surface area contributed by atoms with Gasteiger partial charge in [0.15, 0.2) is 0 Å². The second kappa shape index (κ2) is 10.7. The van der Waals surface area contributed by atoms with E-state index in [1.807, 2.05) is 48.5 Å². The zero-order valence-electron chi connectivity index (χ0n) is 19.9. The minimum atomic E-state index is -0.342. The molecule has 0 radical (unpaired) electrons. The van der Waals surface area contributed by atoms with Crippen LogP contribution in [-0.2, 0) is 14.3 Å². The summed E-state index contributed by atoms with van der Waals surface area (Å²) in [5.41, 5.74) is 2.54. The molecule has 2 aromatic rings. The predicted octanol–water partition coefficient (Wildman–Crippen LogP) is 3.27. The molecule has 4 rings (SSSR count). The van der Waals surface area contributed by atoms with Gasteiger partial charge in [0.25, 0.3) is 5.91 Å². The number of rotatable bonds is 10. The SMILES string of the molecule is COCCN(CC(=O)N1N=C(c2cccc(OC)c2)C[C@@H]1c1ccccc1OC)C(=O)C1CC1. The Morgan fingerprint density at radius 3 is 2.56 bits per heavy atom. The van der Waals surface area contributed by atoms with E-state index in [2.05, 4.69) is 0 Å². The first-order valence-corrected chi connectivity index (χ1v) is 11.5. The maximum Gasteiger partial charge on any atom is 0.262 e. The van der Waals surface area contributed by atoms with Gasteiger partial charge in [0.05, 0.1) is 32.6 Å². The summed E-state index contributed by atoms with van der Waals surface area (Å²) < 4.78 is 16.1. The number of para-hydroxylation sites is 1. The molecular formula is C26H31N3O5. The number of methoxy groups -OCH3 is 3. The summed E-state index contributed by atoms with van der Waals surface area (Å²) in [6.07, 6.45) is 2.28. The highest BCUT2D eigenvalue weighted by Crippen LogP contribution is 2.38. The molecule has 180 valence electrons. The van der Waals surface area contributed by atoms with Crippen molar-refractivity contribution >= 4 is 17.5 Å². The molecule has 0 bridgehead atoms. The number of amides is 2. The molecular weight excluding hydrogens is 434 g/mol. The van der Waals surface area contributed by atoms with Crippen molar-refractivity contribution in [2.45, 2.75) is 25.3 Å². The summed E-state index contributed by atoms with van der Waals surface area (Å²) >= 11 is 0. The molecule has 0 spiro atoms. The molecule has 0 N–H and O–H groups in total. The van der Waals surface area contributed by atoms with E-state index < -0.39 is 0 Å². The molecule has 1 aliphatic carbocycles. The number of hydrogen-bond donors (Lipinski definition) is 0. The second-order valence-corrected chi connectivity index (χ2v) is 8.51. The number of carbonyl (C=O) groups excluding carboxylic acids is 2. The summed E-state index contributed by atoms with van der Waals surface area (Å²) in [6.45, 7) is 0.705. The van der Waals surface area contributed by atoms with Crippen molar-refractivity contribution in [3.05, 3.63) is 59.7 Å². The quantitative estimate of drug-likeness (QED) is 0.538. The van der Waals surface area contributed by atoms with Crippen LogP contribution in [0.3, 0.4) is 0 Å². The van der Waals surface area contributed by atoms with E-state index >= 15 is 0 Å². The van der Waals surface area contributed by atoms with Crippen molar-refractivity contribution < 1.29 is 23.8 Å². The van der Waals surface area contributed by atoms with Crippen LogP contribution in [0.1, 0.15) is 36.4 Å². The molecule has 2 aliphatic rings. The third kappa shape index (κ3) is 5.22. The molecule has 8 nitrogen and oxygen atoms in total. The van der Waals surface area contributed by atoms with Gasteiger partial charge in [0.2, 0.25) is 5.91 Å². The van der Waals surface area contributed by atoms with Crippen LogP contribution in [0.2, 0.25) is 0 Å². The second-order valence-electron chi connectivity index (χ2n) is 8.51. The summed E-state index contributed by atoms with van der Waals surface area (Å²) in [5, 5.41) is 6.25. The van der Waals surface area contributed by atoms with E-state index in [9.17, 15) is 9.59 Å². The van der Waals surface area contributed by atoms with Gasteiger partial charge in [-0.05, 0) is 31.0 Å². The van der Waals surface area contributed by atoms with Gasteiger partial charge in [-0.25, -0.2) is 5.01 Å². The molecule has 1 saturated carbocycles. The monoisotopic (exact) mass is 465 g/mol. The lowest BCUT2D eigenvalue weighted by Gasteiger charge is -2.27. The molecule has 2 amide bonds. The highest BCUT2D eigenvalue weighted by molar-refractivity contribution is 6.03. The summed E-state index contributed by atoms with van der Waals surface area (Å²) in [6, 6.07) is 14.9. The first-order valence-electron chi connectivity index (χ1n) is 11.5. The molecule has 2 aromatic carbocycles. The van der Waals surface area contributed by atoms with Crippen LogP contribution in [0, 0.1) is 5.92 Å². The maximum atomic E-state index is 13.6. The Morgan fingerprint density at radius 1 is 1.06 bits per heavy atom. The average molecular weight is 466 g/mol. The van der Waals surface area contributed by atoms with Gasteiger partial charge >= 0.3 is 0 Å². The molecule has 8 heteroatoms. The summed E-state index contributed by atoms with van der Waals surface area (Å²) in [7, 11) is 4.82. The fourth-order valence-corrected chi connectivity index (χ4v) is 4.19. The van der Waals surface area contributed by atoms with Crippen molar-refractivity contribution in [3.63, 3.8) is 0 Å². The third-order valence-corrected chi connectivity index (χ3v) is 6.20. The maximum absolute atomic E-state index is 13.6. The van der Waals surface area contributed by atoms with Crippen molar-refractivity contribution in [1.82, 2.24) is 9.91 Å². The zero-order valence-corrected chi connectivity index (χ0v) is 19.9. The Hall–Kier alpha value is -3.39. The normalized spacial score (nSPS) is 17.3. The van der Waals surface area contributed by atoms with Crippen LogP contribution < -0.4 is 9.47 Å². The smallest absolute Gasteiger partial charge is 0.262 e. The van der Waals surface area contributed by atoms with Crippen molar-refractivity contribution in [2.24, 2.45) is 11.0 Å². The molecule has 1 atom stereocenters. The van der Waals surface area contributed by atoms with Gasteiger partial charge in [0, 0.05) is 37.1 Å². The van der Waals surface area contributed by atoms with Crippen LogP contribution >= 0.6 is 0 Å². The van der Waals surface area contributed by atoms with E-state index in [-0.39, 0.29) is 30.3 Å². The Balaban J connectivity index is 1.64. The van der Waals surface area contributed by atoms with E-state index in [4.69, 9.17) is 19.3 Å². The van der Waals surface area contributed by atoms with Gasteiger partial charge < -0.3 is 19.1 Å². The molecule has 1 heterocycles. The fourth-order valence-electron chi connectivity index (χ4n) is 4.19. The lowest BCUT2D eigenvalue weighted by atomic mass is 9.97. The van der Waals surface area contributed by atoms with Crippen LogP contribution in [0.5, 0.6) is 11.5 Å². The van der Waals surface area contributed by atoms with Crippen LogP contribution in [0.25, 0.3) is 0 Å². The molecule has 34 heavy (non-hydrogen) atoms. The first kappa shape index (κ1) is 23.8. The van der Waals surface area contributed by atoms with E-state index in [0.717, 1.165) is 35.4 Å². The number of carbonyl (C=O) groups is 2. The van der Waals surface area contributed by atoms with Crippen LogP contribution in [0.15, 0.2) is 53.6 Å². The number of benzene rings is 2. The predicted molar refractivity (Wildman–Crippen MR) is 128 cm³/mol. The minimum Gasteiger partial charge on any atom is -0.497 e. The molecule has 1 fully saturated rings. The zero-order chi connectivity index (χ0) is 24.1. The molecule has 0 unspecified atom stereocenters. The lowest BCUT2D eigenvalue weighted by molar-refractivity contribution is -0.142. The molecule has 0 aromatic heterocycles. The van der Waals surface area contributed by atoms with E-state index in [0.29, 0.717) is 25.3 Å². The van der Waals surface area contributed by atoms with Gasteiger partial charge in [-0.2, -0.15) is 5.10 Å². The van der Waals surface area contributed by atoms with Gasteiger partial charge in [-0.15, -0.1) is 0 Å². The Bertz CT molecular complexity index is 1070. The van der Waals surface area contributed by atoms with Gasteiger partial charge in [-0.1, -0.05) is 30.3 Å². The number of ether oxygens (including phenoxy) is 3. The topological polar surface area (TPSA) is 80.7 Å². The Kier molecular flexibility index (Phi) is 7.47. The lowest BCUT2D eigenvalue weighted by Crippen LogP contribution is -2.43. The number of hydrazone groups is 1. The third-order valence-electron chi connectivity index (χ3n) is 6.20. The van der Waals surface area contributed by atoms with E-state index in [1.165, 1.54) is 5.01 Å². The minimum absolute atomic E-state index is 0.00966. The van der Waals surface area contributed by atoms with Gasteiger partial charge in [0.1, 0.15) is 18.0 Å². The summed E-state index contributed by atoms with van der Waals surface area (Å²) in [5.74, 6) is 1.20. The van der Waals surface area contributed by atoms with Gasteiger partial charge in [-0.3, -0.25) is 9.59 Å². The van der Waals surface area contributed by atoms with E-state index in [1.54, 1.807) is 26.2 Å². The van der Waals surface area contributed by atoms with Crippen molar-refractivity contribution in [2.75, 3.05) is 41.0 Å². The molecule has 0 saturated heterocycles. The number of nitrogens with zero attached hydrogens (tertiary/aromatic N) is 3. The Labute approximate surface area is 200 Å². The standard InChI is InChI=1S/C26H31N3O5/c1-32-14-13-28(26(31)18-11-12-18)17-25(30)29-23(21-9-4-5-10-24(21)34-3)16-22(27-29)19-7-6-8-20(15-19)33-2/h4-10,15,18,23H,11-14,16-17H2,1-3H3/t23-/m1/s1. The number of hydrogen-bond acceptors (Lipinski definition) is 6. The first-order chi connectivity index (χ1) is 16.5. The largest absolute Gasteiger partial charge is 0.497 e. The highest BCUT2D eigenvalue weighted by atomic mass is 16.5.